The Bertz CT molecular complexity index is 1330. The summed E-state index contributed by atoms with van der Waals surface area (Å²) in [4.78, 5) is 28.2. The van der Waals surface area contributed by atoms with Gasteiger partial charge in [-0.2, -0.15) is 5.10 Å². The van der Waals surface area contributed by atoms with Gasteiger partial charge in [-0.15, -0.1) is 11.8 Å². The van der Waals surface area contributed by atoms with Gasteiger partial charge in [0, 0.05) is 22.0 Å². The number of anilines is 1. The second-order valence-corrected chi connectivity index (χ2v) is 12.0. The number of ether oxygens (including phenoxy) is 1. The largest absolute Gasteiger partial charge is 0.497 e. The third-order valence-electron chi connectivity index (χ3n) is 6.51. The summed E-state index contributed by atoms with van der Waals surface area (Å²) in [6, 6.07) is 15.5. The Kier molecular flexibility index (Phi) is 6.98. The van der Waals surface area contributed by atoms with Crippen molar-refractivity contribution in [2.45, 2.75) is 50.3 Å². The van der Waals surface area contributed by atoms with Crippen LogP contribution < -0.4 is 15.0 Å². The highest BCUT2D eigenvalue weighted by atomic mass is 35.5. The Morgan fingerprint density at radius 1 is 1.19 bits per heavy atom. The van der Waals surface area contributed by atoms with Gasteiger partial charge in [-0.25, -0.2) is 4.68 Å². The number of rotatable bonds is 6. The summed E-state index contributed by atoms with van der Waals surface area (Å²) >= 11 is 7.94. The first-order valence-electron chi connectivity index (χ1n) is 12.4. The summed E-state index contributed by atoms with van der Waals surface area (Å²) in [5, 5.41) is 8.58. The number of methoxy groups -OCH3 is 1. The van der Waals surface area contributed by atoms with Gasteiger partial charge < -0.3 is 10.1 Å². The van der Waals surface area contributed by atoms with Gasteiger partial charge in [0.2, 0.25) is 11.8 Å². The van der Waals surface area contributed by atoms with E-state index in [-0.39, 0.29) is 40.8 Å². The van der Waals surface area contributed by atoms with Gasteiger partial charge in [0.25, 0.3) is 0 Å². The number of halogens is 1. The van der Waals surface area contributed by atoms with Crippen molar-refractivity contribution in [3.63, 3.8) is 0 Å². The van der Waals surface area contributed by atoms with E-state index in [1.54, 1.807) is 28.5 Å². The molecule has 3 aromatic rings. The fourth-order valence-corrected chi connectivity index (χ4v) is 5.94. The van der Waals surface area contributed by atoms with Gasteiger partial charge in [-0.05, 0) is 54.8 Å². The SMILES string of the molecule is COc1ccc(-n2nc(C(C)(C)C)c3c2N(CC(=O)NC2CC2)C(=O)CS[C@@H]3c2cccc(Cl)c2)cc1. The second-order valence-electron chi connectivity index (χ2n) is 10.5. The number of hydrogen-bond acceptors (Lipinski definition) is 5. The van der Waals surface area contributed by atoms with E-state index in [4.69, 9.17) is 21.4 Å². The van der Waals surface area contributed by atoms with Crippen LogP contribution >= 0.6 is 23.4 Å². The Morgan fingerprint density at radius 2 is 1.92 bits per heavy atom. The van der Waals surface area contributed by atoms with Crippen LogP contribution in [0.1, 0.15) is 55.7 Å². The molecule has 1 fully saturated rings. The number of carbonyl (C=O) groups is 2. The average Bonchev–Trinajstić information content (AvgIpc) is 3.60. The quantitative estimate of drug-likeness (QED) is 0.462. The van der Waals surface area contributed by atoms with Gasteiger partial charge >= 0.3 is 0 Å². The summed E-state index contributed by atoms with van der Waals surface area (Å²) in [5.74, 6) is 1.29. The fourth-order valence-electron chi connectivity index (χ4n) is 4.55. The number of aromatic nitrogens is 2. The third-order valence-corrected chi connectivity index (χ3v) is 8.00. The number of nitrogens with zero attached hydrogens (tertiary/aromatic N) is 3. The first kappa shape index (κ1) is 25.7. The molecule has 1 aliphatic carbocycles. The number of amides is 2. The van der Waals surface area contributed by atoms with Gasteiger partial charge in [0.1, 0.15) is 18.1 Å². The molecule has 1 saturated carbocycles. The molecule has 1 aliphatic heterocycles. The Balaban J connectivity index is 1.73. The molecule has 1 N–H and O–H groups in total. The molecule has 5 rings (SSSR count). The normalized spacial score (nSPS) is 17.8. The van der Waals surface area contributed by atoms with E-state index in [0.717, 1.165) is 41.1 Å². The molecule has 2 aromatic carbocycles. The van der Waals surface area contributed by atoms with Crippen LogP contribution in [-0.2, 0) is 15.0 Å². The van der Waals surface area contributed by atoms with E-state index in [2.05, 4.69) is 26.1 Å². The number of nitrogens with one attached hydrogen (secondary N) is 1. The molecule has 9 heteroatoms. The van der Waals surface area contributed by atoms with Crippen molar-refractivity contribution in [1.29, 1.82) is 0 Å². The molecule has 194 valence electrons. The van der Waals surface area contributed by atoms with Crippen LogP contribution in [0, 0.1) is 0 Å². The van der Waals surface area contributed by atoms with E-state index >= 15 is 0 Å². The number of hydrogen-bond donors (Lipinski definition) is 1. The number of benzene rings is 2. The van der Waals surface area contributed by atoms with Crippen LogP contribution in [0.4, 0.5) is 5.82 Å². The van der Waals surface area contributed by atoms with Crippen molar-refractivity contribution < 1.29 is 14.3 Å². The summed E-state index contributed by atoms with van der Waals surface area (Å²) in [6.07, 6.45) is 1.96. The van der Waals surface area contributed by atoms with Crippen LogP contribution in [0.25, 0.3) is 5.69 Å². The van der Waals surface area contributed by atoms with Gasteiger partial charge in [0.05, 0.1) is 29.5 Å². The molecule has 2 aliphatic rings. The molecular weight excluding hydrogens is 508 g/mol. The molecule has 7 nitrogen and oxygen atoms in total. The number of fused-ring (bicyclic) bond motifs is 1. The zero-order valence-corrected chi connectivity index (χ0v) is 23.0. The summed E-state index contributed by atoms with van der Waals surface area (Å²) < 4.78 is 7.16. The van der Waals surface area contributed by atoms with E-state index in [0.29, 0.717) is 10.8 Å². The van der Waals surface area contributed by atoms with Crippen molar-refractivity contribution in [3.05, 3.63) is 70.4 Å². The minimum Gasteiger partial charge on any atom is -0.497 e. The highest BCUT2D eigenvalue weighted by Gasteiger charge is 2.40. The molecule has 2 heterocycles. The monoisotopic (exact) mass is 538 g/mol. The number of carbonyl (C=O) groups excluding carboxylic acids is 2. The minimum atomic E-state index is -0.325. The molecule has 0 unspecified atom stereocenters. The maximum absolute atomic E-state index is 13.6. The van der Waals surface area contributed by atoms with Crippen LogP contribution in [0.3, 0.4) is 0 Å². The second kappa shape index (κ2) is 10.1. The predicted octanol–water partition coefficient (Wildman–Crippen LogP) is 5.28. The molecule has 1 aromatic heterocycles. The molecular formula is C28H31ClN4O3S. The Labute approximate surface area is 226 Å². The lowest BCUT2D eigenvalue weighted by Gasteiger charge is -2.24. The van der Waals surface area contributed by atoms with E-state index < -0.39 is 0 Å². The van der Waals surface area contributed by atoms with Crippen LogP contribution in [0.15, 0.2) is 48.5 Å². The first-order chi connectivity index (χ1) is 17.7. The Hall–Kier alpha value is -2.97. The molecule has 1 atom stereocenters. The zero-order chi connectivity index (χ0) is 26.3. The smallest absolute Gasteiger partial charge is 0.240 e. The van der Waals surface area contributed by atoms with E-state index in [9.17, 15) is 9.59 Å². The van der Waals surface area contributed by atoms with Crippen molar-refractivity contribution in [3.8, 4) is 11.4 Å². The zero-order valence-electron chi connectivity index (χ0n) is 21.5. The highest BCUT2D eigenvalue weighted by Crippen LogP contribution is 2.48. The standard InChI is InChI=1S/C28H31ClN4O3S/c1-28(2,3)26-24-25(17-6-5-7-18(29)14-17)37-16-23(35)32(15-22(34)30-19-8-9-19)27(24)33(31-26)20-10-12-21(36-4)13-11-20/h5-7,10-14,19,25H,8-9,15-16H2,1-4H3,(H,30,34)/t25-/m1/s1. The topological polar surface area (TPSA) is 76.5 Å². The highest BCUT2D eigenvalue weighted by molar-refractivity contribution is 8.00. The van der Waals surface area contributed by atoms with E-state index in [1.165, 1.54) is 0 Å². The lowest BCUT2D eigenvalue weighted by Crippen LogP contribution is -2.43. The van der Waals surface area contributed by atoms with Gasteiger partial charge in [-0.1, -0.05) is 44.5 Å². The minimum absolute atomic E-state index is 0.0589. The summed E-state index contributed by atoms with van der Waals surface area (Å²) in [5.41, 5.74) is 3.26. The lowest BCUT2D eigenvalue weighted by molar-refractivity contribution is -0.123. The van der Waals surface area contributed by atoms with Gasteiger partial charge in [0.15, 0.2) is 0 Å². The first-order valence-corrected chi connectivity index (χ1v) is 13.8. The van der Waals surface area contributed by atoms with Crippen LogP contribution in [0.5, 0.6) is 5.75 Å². The third kappa shape index (κ3) is 5.36. The van der Waals surface area contributed by atoms with Crippen LogP contribution in [0.2, 0.25) is 5.02 Å². The van der Waals surface area contributed by atoms with Crippen molar-refractivity contribution >= 4 is 41.0 Å². The lowest BCUT2D eigenvalue weighted by atomic mass is 9.87. The molecule has 0 spiro atoms. The van der Waals surface area contributed by atoms with Gasteiger partial charge in [-0.3, -0.25) is 14.5 Å². The van der Waals surface area contributed by atoms with Crippen molar-refractivity contribution in [1.82, 2.24) is 15.1 Å². The molecule has 0 radical (unpaired) electrons. The maximum atomic E-state index is 13.6. The molecule has 0 bridgehead atoms. The molecule has 37 heavy (non-hydrogen) atoms. The number of thioether (sulfide) groups is 1. The summed E-state index contributed by atoms with van der Waals surface area (Å²) in [6.45, 7) is 6.29. The molecule has 0 saturated heterocycles. The van der Waals surface area contributed by atoms with E-state index in [1.807, 2.05) is 48.5 Å². The Morgan fingerprint density at radius 3 is 2.54 bits per heavy atom. The fraction of sp³-hybridized carbons (Fsp3) is 0.393. The molecule has 2 amide bonds. The van der Waals surface area contributed by atoms with Crippen molar-refractivity contribution in [2.24, 2.45) is 0 Å². The average molecular weight is 539 g/mol. The van der Waals surface area contributed by atoms with Crippen LogP contribution in [-0.4, -0.2) is 47.0 Å². The maximum Gasteiger partial charge on any atom is 0.240 e. The summed E-state index contributed by atoms with van der Waals surface area (Å²) in [7, 11) is 1.62. The predicted molar refractivity (Wildman–Crippen MR) is 148 cm³/mol. The van der Waals surface area contributed by atoms with Crippen molar-refractivity contribution in [2.75, 3.05) is 24.3 Å².